The van der Waals surface area contributed by atoms with Crippen molar-refractivity contribution in [2.75, 3.05) is 10.7 Å². The Balaban J connectivity index is 1.88. The molecule has 1 fully saturated rings. The Morgan fingerprint density at radius 2 is 1.83 bits per heavy atom. The lowest BCUT2D eigenvalue weighted by Gasteiger charge is -2.25. The van der Waals surface area contributed by atoms with Gasteiger partial charge in [0.2, 0.25) is 5.91 Å². The number of rotatable bonds is 4. The predicted molar refractivity (Wildman–Crippen MR) is 91.7 cm³/mol. The first-order valence-electron chi connectivity index (χ1n) is 7.51. The van der Waals surface area contributed by atoms with Crippen LogP contribution in [0.2, 0.25) is 0 Å². The monoisotopic (exact) mass is 349 g/mol. The van der Waals surface area contributed by atoms with Crippen LogP contribution in [0.3, 0.4) is 0 Å². The molecule has 126 valence electrons. The summed E-state index contributed by atoms with van der Waals surface area (Å²) in [4.78, 5) is 14.1. The van der Waals surface area contributed by atoms with E-state index in [0.29, 0.717) is 5.75 Å². The fourth-order valence-corrected chi connectivity index (χ4v) is 3.82. The number of thioether (sulfide) groups is 1. The van der Waals surface area contributed by atoms with Gasteiger partial charge in [0.05, 0.1) is 5.75 Å². The molecule has 1 aliphatic heterocycles. The second-order valence-electron chi connectivity index (χ2n) is 5.64. The number of carbonyl (C=O) groups is 1. The van der Waals surface area contributed by atoms with Gasteiger partial charge in [0.1, 0.15) is 11.1 Å². The smallest absolute Gasteiger partial charge is 0.387 e. The first kappa shape index (κ1) is 16.8. The fraction of sp³-hybridized carbons (Fsp3) is 0.278. The van der Waals surface area contributed by atoms with Gasteiger partial charge in [0, 0.05) is 5.69 Å². The van der Waals surface area contributed by atoms with E-state index in [-0.39, 0.29) is 17.0 Å². The molecule has 1 amide bonds. The Bertz CT molecular complexity index is 749. The molecule has 0 aromatic heterocycles. The number of anilines is 1. The predicted octanol–water partition coefficient (Wildman–Crippen LogP) is 4.68. The van der Waals surface area contributed by atoms with Crippen molar-refractivity contribution in [2.24, 2.45) is 0 Å². The second kappa shape index (κ2) is 6.81. The molecule has 0 saturated carbocycles. The third-order valence-corrected chi connectivity index (χ3v) is 5.24. The summed E-state index contributed by atoms with van der Waals surface area (Å²) in [5.41, 5.74) is 4.02. The maximum Gasteiger partial charge on any atom is 0.387 e. The molecule has 0 N–H and O–H groups in total. The van der Waals surface area contributed by atoms with E-state index in [4.69, 9.17) is 0 Å². The average molecular weight is 349 g/mol. The third kappa shape index (κ3) is 3.38. The van der Waals surface area contributed by atoms with E-state index in [0.717, 1.165) is 16.8 Å². The number of ether oxygens (including phenoxy) is 1. The highest BCUT2D eigenvalue weighted by Gasteiger charge is 2.34. The van der Waals surface area contributed by atoms with Crippen LogP contribution < -0.4 is 9.64 Å². The minimum atomic E-state index is -2.84. The highest BCUT2D eigenvalue weighted by atomic mass is 32.2. The van der Waals surface area contributed by atoms with Crippen LogP contribution in [0.4, 0.5) is 14.5 Å². The van der Waals surface area contributed by atoms with Crippen molar-refractivity contribution in [3.05, 3.63) is 59.2 Å². The number of hydrogen-bond donors (Lipinski definition) is 0. The molecule has 6 heteroatoms. The van der Waals surface area contributed by atoms with Gasteiger partial charge < -0.3 is 4.74 Å². The van der Waals surface area contributed by atoms with Crippen LogP contribution in [0.1, 0.15) is 22.1 Å². The first-order chi connectivity index (χ1) is 11.5. The zero-order chi connectivity index (χ0) is 17.3. The summed E-state index contributed by atoms with van der Waals surface area (Å²) in [6.45, 7) is 1.20. The molecule has 1 saturated heterocycles. The molecule has 1 heterocycles. The van der Waals surface area contributed by atoms with Crippen LogP contribution in [0.15, 0.2) is 42.5 Å². The maximum atomic E-state index is 12.3. The number of halogens is 2. The molecule has 0 aliphatic carbocycles. The van der Waals surface area contributed by atoms with Crippen LogP contribution in [-0.4, -0.2) is 18.3 Å². The number of benzene rings is 2. The van der Waals surface area contributed by atoms with Crippen molar-refractivity contribution in [2.45, 2.75) is 25.8 Å². The van der Waals surface area contributed by atoms with Crippen molar-refractivity contribution in [3.63, 3.8) is 0 Å². The molecule has 1 unspecified atom stereocenters. The van der Waals surface area contributed by atoms with Gasteiger partial charge in [-0.25, -0.2) is 0 Å². The summed E-state index contributed by atoms with van der Waals surface area (Å²) in [5.74, 6) is 0.550. The SMILES string of the molecule is Cc1ccc(N2C(=O)CSC2c2ccc(OC(F)F)cc2)cc1C. The lowest BCUT2D eigenvalue weighted by Crippen LogP contribution is -2.27. The molecule has 24 heavy (non-hydrogen) atoms. The molecule has 3 rings (SSSR count). The molecule has 1 aliphatic rings. The summed E-state index contributed by atoms with van der Waals surface area (Å²) >= 11 is 1.52. The van der Waals surface area contributed by atoms with Crippen LogP contribution in [0, 0.1) is 13.8 Å². The summed E-state index contributed by atoms with van der Waals surface area (Å²) in [6, 6.07) is 12.4. The Kier molecular flexibility index (Phi) is 4.76. The molecule has 2 aromatic carbocycles. The van der Waals surface area contributed by atoms with Crippen molar-refractivity contribution in [1.82, 2.24) is 0 Å². The average Bonchev–Trinajstić information content (AvgIpc) is 2.92. The van der Waals surface area contributed by atoms with E-state index in [1.54, 1.807) is 17.0 Å². The van der Waals surface area contributed by atoms with E-state index in [1.165, 1.54) is 29.5 Å². The van der Waals surface area contributed by atoms with E-state index in [9.17, 15) is 13.6 Å². The van der Waals surface area contributed by atoms with Crippen molar-refractivity contribution in [3.8, 4) is 5.75 Å². The maximum absolute atomic E-state index is 12.3. The van der Waals surface area contributed by atoms with Crippen molar-refractivity contribution < 1.29 is 18.3 Å². The largest absolute Gasteiger partial charge is 0.435 e. The van der Waals surface area contributed by atoms with Gasteiger partial charge >= 0.3 is 6.61 Å². The number of hydrogen-bond acceptors (Lipinski definition) is 3. The molecule has 0 radical (unpaired) electrons. The summed E-state index contributed by atoms with van der Waals surface area (Å²) < 4.78 is 28.9. The standard InChI is InChI=1S/C18H17F2NO2S/c1-11-3-6-14(9-12(11)2)21-16(22)10-24-17(21)13-4-7-15(8-5-13)23-18(19)20/h3-9,17-18H,10H2,1-2H3. The molecule has 2 aromatic rings. The minimum Gasteiger partial charge on any atom is -0.435 e. The molecular weight excluding hydrogens is 332 g/mol. The second-order valence-corrected chi connectivity index (χ2v) is 6.71. The fourth-order valence-electron chi connectivity index (χ4n) is 2.64. The zero-order valence-corrected chi connectivity index (χ0v) is 14.1. The Morgan fingerprint density at radius 1 is 1.12 bits per heavy atom. The number of amides is 1. The van der Waals surface area contributed by atoms with E-state index >= 15 is 0 Å². The summed E-state index contributed by atoms with van der Waals surface area (Å²) in [7, 11) is 0. The summed E-state index contributed by atoms with van der Waals surface area (Å²) in [5, 5.41) is -0.166. The van der Waals surface area contributed by atoms with Gasteiger partial charge in [-0.05, 0) is 54.8 Å². The van der Waals surface area contributed by atoms with Crippen LogP contribution in [0.25, 0.3) is 0 Å². The molecule has 3 nitrogen and oxygen atoms in total. The van der Waals surface area contributed by atoms with Gasteiger partial charge in [0.25, 0.3) is 0 Å². The van der Waals surface area contributed by atoms with Gasteiger partial charge in [-0.3, -0.25) is 9.69 Å². The topological polar surface area (TPSA) is 29.5 Å². The number of alkyl halides is 2. The highest BCUT2D eigenvalue weighted by Crippen LogP contribution is 2.42. The Labute approximate surface area is 143 Å². The minimum absolute atomic E-state index is 0.0427. The van der Waals surface area contributed by atoms with Gasteiger partial charge in [-0.2, -0.15) is 8.78 Å². The van der Waals surface area contributed by atoms with Crippen LogP contribution in [0.5, 0.6) is 5.75 Å². The zero-order valence-electron chi connectivity index (χ0n) is 13.3. The Morgan fingerprint density at radius 3 is 2.46 bits per heavy atom. The van der Waals surface area contributed by atoms with Crippen molar-refractivity contribution in [1.29, 1.82) is 0 Å². The summed E-state index contributed by atoms with van der Waals surface area (Å²) in [6.07, 6.45) is 0. The number of nitrogens with zero attached hydrogens (tertiary/aromatic N) is 1. The molecular formula is C18H17F2NO2S. The quantitative estimate of drug-likeness (QED) is 0.802. The van der Waals surface area contributed by atoms with Crippen molar-refractivity contribution >= 4 is 23.4 Å². The molecule has 0 bridgehead atoms. The molecule has 0 spiro atoms. The third-order valence-electron chi connectivity index (χ3n) is 4.03. The molecule has 1 atom stereocenters. The van der Waals surface area contributed by atoms with Gasteiger partial charge in [-0.15, -0.1) is 11.8 Å². The van der Waals surface area contributed by atoms with E-state index in [2.05, 4.69) is 4.74 Å². The first-order valence-corrected chi connectivity index (χ1v) is 8.56. The van der Waals surface area contributed by atoms with Gasteiger partial charge in [0.15, 0.2) is 0 Å². The van der Waals surface area contributed by atoms with Crippen LogP contribution >= 0.6 is 11.8 Å². The lowest BCUT2D eigenvalue weighted by atomic mass is 10.1. The van der Waals surface area contributed by atoms with E-state index < -0.39 is 6.61 Å². The number of carbonyl (C=O) groups excluding carboxylic acids is 1. The lowest BCUT2D eigenvalue weighted by molar-refractivity contribution is -0.115. The normalized spacial score (nSPS) is 17.6. The van der Waals surface area contributed by atoms with Gasteiger partial charge in [-0.1, -0.05) is 18.2 Å². The number of aryl methyl sites for hydroxylation is 2. The van der Waals surface area contributed by atoms with Crippen LogP contribution in [-0.2, 0) is 4.79 Å². The van der Waals surface area contributed by atoms with E-state index in [1.807, 2.05) is 32.0 Å². The Hall–Kier alpha value is -2.08. The highest BCUT2D eigenvalue weighted by molar-refractivity contribution is 8.00.